The minimum Gasteiger partial charge on any atom is -0.383 e. The zero-order chi connectivity index (χ0) is 23.8. The molecule has 0 amide bonds. The van der Waals surface area contributed by atoms with Gasteiger partial charge in [-0.25, -0.2) is 15.0 Å². The van der Waals surface area contributed by atoms with Crippen LogP contribution in [0.25, 0.3) is 39.5 Å². The van der Waals surface area contributed by atoms with Crippen LogP contribution in [0.3, 0.4) is 0 Å². The van der Waals surface area contributed by atoms with E-state index in [0.29, 0.717) is 5.82 Å². The van der Waals surface area contributed by atoms with E-state index in [1.807, 2.05) is 42.5 Å². The van der Waals surface area contributed by atoms with Gasteiger partial charge in [0.15, 0.2) is 11.5 Å². The van der Waals surface area contributed by atoms with Gasteiger partial charge in [-0.05, 0) is 48.4 Å². The summed E-state index contributed by atoms with van der Waals surface area (Å²) >= 11 is 0. The molecular weight excluding hydrogens is 434 g/mol. The number of hydrogen-bond acceptors (Lipinski definition) is 6. The van der Waals surface area contributed by atoms with E-state index in [2.05, 4.69) is 50.8 Å². The monoisotopic (exact) mass is 461 g/mol. The lowest BCUT2D eigenvalue weighted by atomic mass is 10.1. The Balaban J connectivity index is 1.47. The molecule has 1 fully saturated rings. The molecule has 1 aliphatic rings. The highest BCUT2D eigenvalue weighted by Crippen LogP contribution is 2.31. The Labute approximate surface area is 204 Å². The van der Waals surface area contributed by atoms with Crippen LogP contribution in [0, 0.1) is 0 Å². The van der Waals surface area contributed by atoms with E-state index in [9.17, 15) is 0 Å². The van der Waals surface area contributed by atoms with Crippen LogP contribution in [-0.2, 0) is 6.54 Å². The predicted octanol–water partition coefficient (Wildman–Crippen LogP) is 4.26. The number of nitrogen functional groups attached to an aromatic ring is 1. The van der Waals surface area contributed by atoms with E-state index in [4.69, 9.17) is 21.4 Å². The molecule has 4 N–H and O–H groups in total. The first-order valence-corrected chi connectivity index (χ1v) is 11.9. The number of fused-ring (bicyclic) bond motifs is 1. The van der Waals surface area contributed by atoms with Gasteiger partial charge in [0.1, 0.15) is 11.3 Å². The molecule has 4 heterocycles. The zero-order valence-corrected chi connectivity index (χ0v) is 19.4. The fourth-order valence-corrected chi connectivity index (χ4v) is 4.77. The predicted molar refractivity (Wildman–Crippen MR) is 140 cm³/mol. The Morgan fingerprint density at radius 3 is 2.46 bits per heavy atom. The van der Waals surface area contributed by atoms with Crippen LogP contribution in [0.4, 0.5) is 5.82 Å². The second-order valence-corrected chi connectivity index (χ2v) is 9.06. The molecule has 0 aliphatic carbocycles. The van der Waals surface area contributed by atoms with Crippen molar-refractivity contribution in [1.82, 2.24) is 24.4 Å². The molecule has 0 radical (unpaired) electrons. The maximum atomic E-state index is 6.27. The number of anilines is 1. The molecule has 174 valence electrons. The minimum absolute atomic E-state index is 0.281. The van der Waals surface area contributed by atoms with E-state index in [1.54, 1.807) is 6.20 Å². The molecule has 1 saturated heterocycles. The molecule has 0 unspecified atom stereocenters. The van der Waals surface area contributed by atoms with Crippen molar-refractivity contribution in [3.8, 4) is 28.3 Å². The van der Waals surface area contributed by atoms with Gasteiger partial charge in [0.05, 0.1) is 11.3 Å². The summed E-state index contributed by atoms with van der Waals surface area (Å²) < 4.78 is 2.07. The molecule has 6 rings (SSSR count). The highest BCUT2D eigenvalue weighted by atomic mass is 15.2. The normalized spacial score (nSPS) is 16.2. The van der Waals surface area contributed by atoms with Crippen LogP contribution in [0.5, 0.6) is 0 Å². The Morgan fingerprint density at radius 2 is 1.71 bits per heavy atom. The lowest BCUT2D eigenvalue weighted by Gasteiger charge is -2.16. The summed E-state index contributed by atoms with van der Waals surface area (Å²) in [6.45, 7) is 2.90. The average Bonchev–Trinajstić information content (AvgIpc) is 3.48. The zero-order valence-electron chi connectivity index (χ0n) is 19.4. The van der Waals surface area contributed by atoms with Crippen molar-refractivity contribution in [1.29, 1.82) is 0 Å². The summed E-state index contributed by atoms with van der Waals surface area (Å²) in [4.78, 5) is 16.7. The van der Waals surface area contributed by atoms with Crippen molar-refractivity contribution in [2.45, 2.75) is 19.0 Å². The Bertz CT molecular complexity index is 1480. The number of likely N-dealkylation sites (tertiary alicyclic amines) is 1. The average molecular weight is 462 g/mol. The van der Waals surface area contributed by atoms with E-state index in [-0.39, 0.29) is 6.04 Å². The minimum atomic E-state index is 0.281. The molecule has 7 nitrogen and oxygen atoms in total. The second-order valence-electron chi connectivity index (χ2n) is 9.06. The van der Waals surface area contributed by atoms with Gasteiger partial charge in [0.25, 0.3) is 0 Å². The van der Waals surface area contributed by atoms with Crippen molar-refractivity contribution in [3.63, 3.8) is 0 Å². The first-order chi connectivity index (χ1) is 17.2. The molecule has 0 bridgehead atoms. The highest BCUT2D eigenvalue weighted by Gasteiger charge is 2.20. The smallest absolute Gasteiger partial charge is 0.165 e. The lowest BCUT2D eigenvalue weighted by Crippen LogP contribution is -2.26. The molecule has 2 aromatic carbocycles. The van der Waals surface area contributed by atoms with Gasteiger partial charge in [-0.2, -0.15) is 0 Å². The molecule has 0 spiro atoms. The summed E-state index contributed by atoms with van der Waals surface area (Å²) in [6, 6.07) is 26.9. The number of imidazole rings is 1. The van der Waals surface area contributed by atoms with Gasteiger partial charge in [-0.3, -0.25) is 9.47 Å². The van der Waals surface area contributed by atoms with Crippen molar-refractivity contribution in [3.05, 3.63) is 90.6 Å². The first kappa shape index (κ1) is 21.5. The van der Waals surface area contributed by atoms with E-state index >= 15 is 0 Å². The number of pyridine rings is 2. The first-order valence-electron chi connectivity index (χ1n) is 11.9. The number of hydrogen-bond donors (Lipinski definition) is 2. The third-order valence-electron chi connectivity index (χ3n) is 6.56. The van der Waals surface area contributed by atoms with E-state index in [1.165, 1.54) is 5.56 Å². The summed E-state index contributed by atoms with van der Waals surface area (Å²) in [5.41, 5.74) is 18.9. The molecule has 7 heteroatoms. The number of benzene rings is 2. The molecule has 1 atom stereocenters. The number of nitrogens with zero attached hydrogens (tertiary/aromatic N) is 5. The largest absolute Gasteiger partial charge is 0.383 e. The lowest BCUT2D eigenvalue weighted by molar-refractivity contribution is 0.327. The number of rotatable bonds is 5. The van der Waals surface area contributed by atoms with Crippen molar-refractivity contribution < 1.29 is 0 Å². The van der Waals surface area contributed by atoms with Crippen LogP contribution < -0.4 is 11.5 Å². The molecule has 35 heavy (non-hydrogen) atoms. The maximum Gasteiger partial charge on any atom is 0.165 e. The van der Waals surface area contributed by atoms with Crippen LogP contribution in [0.1, 0.15) is 12.0 Å². The summed E-state index contributed by atoms with van der Waals surface area (Å²) in [7, 11) is 0. The molecule has 0 saturated carbocycles. The van der Waals surface area contributed by atoms with Crippen molar-refractivity contribution >= 4 is 17.0 Å². The van der Waals surface area contributed by atoms with Gasteiger partial charge in [-0.1, -0.05) is 42.5 Å². The molecule has 3 aromatic heterocycles. The summed E-state index contributed by atoms with van der Waals surface area (Å²) in [6.07, 6.45) is 2.75. The van der Waals surface area contributed by atoms with Gasteiger partial charge in [-0.15, -0.1) is 0 Å². The van der Waals surface area contributed by atoms with Crippen LogP contribution in [0.2, 0.25) is 0 Å². The topological polar surface area (TPSA) is 98.9 Å². The Kier molecular flexibility index (Phi) is 5.48. The third-order valence-corrected chi connectivity index (χ3v) is 6.56. The SMILES string of the molecule is Nc1ncccc1-c1nc2ccc(-c3ccccc3)nc2n1-c1ccc(CN2CC[C@H](N)C2)cc1. The van der Waals surface area contributed by atoms with Crippen molar-refractivity contribution in [2.24, 2.45) is 5.73 Å². The van der Waals surface area contributed by atoms with Crippen LogP contribution in [-0.4, -0.2) is 43.6 Å². The van der Waals surface area contributed by atoms with Crippen LogP contribution in [0.15, 0.2) is 85.1 Å². The quantitative estimate of drug-likeness (QED) is 0.406. The van der Waals surface area contributed by atoms with Gasteiger partial charge in [0, 0.05) is 43.1 Å². The standard InChI is InChI=1S/C28H27N7/c29-21-14-16-34(18-21)17-19-8-10-22(11-9-19)35-27(23-7-4-15-31-26(23)30)33-25-13-12-24(32-28(25)35)20-5-2-1-3-6-20/h1-13,15,21H,14,16-18,29H2,(H2,30,31)/t21-/m0/s1. The summed E-state index contributed by atoms with van der Waals surface area (Å²) in [5, 5.41) is 0. The number of aromatic nitrogens is 4. The maximum absolute atomic E-state index is 6.27. The fraction of sp³-hybridized carbons (Fsp3) is 0.179. The molecule has 1 aliphatic heterocycles. The molecule has 5 aromatic rings. The molecular formula is C28H27N7. The summed E-state index contributed by atoms with van der Waals surface area (Å²) in [5.74, 6) is 1.16. The van der Waals surface area contributed by atoms with E-state index < -0.39 is 0 Å². The Hall–Kier alpha value is -4.07. The van der Waals surface area contributed by atoms with Crippen molar-refractivity contribution in [2.75, 3.05) is 18.8 Å². The fourth-order valence-electron chi connectivity index (χ4n) is 4.77. The third kappa shape index (κ3) is 4.16. The second kappa shape index (κ2) is 8.94. The van der Waals surface area contributed by atoms with Gasteiger partial charge < -0.3 is 11.5 Å². The van der Waals surface area contributed by atoms with Gasteiger partial charge in [0.2, 0.25) is 0 Å². The van der Waals surface area contributed by atoms with E-state index in [0.717, 1.165) is 65.6 Å². The van der Waals surface area contributed by atoms with Gasteiger partial charge >= 0.3 is 0 Å². The highest BCUT2D eigenvalue weighted by molar-refractivity contribution is 5.84. The Morgan fingerprint density at radius 1 is 0.886 bits per heavy atom. The number of nitrogens with two attached hydrogens (primary N) is 2. The van der Waals surface area contributed by atoms with Crippen LogP contribution >= 0.6 is 0 Å².